The second-order valence-corrected chi connectivity index (χ2v) is 10.9. The molecule has 0 spiro atoms. The lowest BCUT2D eigenvalue weighted by Gasteiger charge is -1.97. The molecule has 0 aliphatic heterocycles. The van der Waals surface area contributed by atoms with Gasteiger partial charge in [-0.2, -0.15) is 4.98 Å². The van der Waals surface area contributed by atoms with Gasteiger partial charge in [0.05, 0.1) is 20.2 Å². The number of hydrogen-bond donors (Lipinski definition) is 4. The Bertz CT molecular complexity index is 826. The van der Waals surface area contributed by atoms with Crippen molar-refractivity contribution in [2.75, 3.05) is 18.6 Å². The number of nitrogens with zero attached hydrogens (tertiary/aromatic N) is 3. The van der Waals surface area contributed by atoms with Crippen molar-refractivity contribution in [1.29, 1.82) is 0 Å². The molecule has 2 aromatic heterocycles. The number of nitrogens with two attached hydrogens (primary N) is 2. The van der Waals surface area contributed by atoms with Gasteiger partial charge in [0.15, 0.2) is 6.29 Å². The Kier molecular flexibility index (Phi) is 17.8. The molecule has 0 aliphatic rings. The molecule has 29 heavy (non-hydrogen) atoms. The summed E-state index contributed by atoms with van der Waals surface area (Å²) in [5, 5.41) is 5.30. The number of aromatic hydroxyl groups is 1. The summed E-state index contributed by atoms with van der Waals surface area (Å²) >= 11 is 24.8. The van der Waals surface area contributed by atoms with E-state index in [0.29, 0.717) is 6.29 Å². The van der Waals surface area contributed by atoms with E-state index in [0.717, 1.165) is 6.07 Å². The van der Waals surface area contributed by atoms with Gasteiger partial charge >= 0.3 is 5.20 Å². The Hall–Kier alpha value is -1.50. The van der Waals surface area contributed by atoms with Gasteiger partial charge in [-0.05, 0) is 33.7 Å². The summed E-state index contributed by atoms with van der Waals surface area (Å²) in [5.41, 5.74) is 9.81. The summed E-state index contributed by atoms with van der Waals surface area (Å²) in [7, 11) is -1.00. The zero-order valence-electron chi connectivity index (χ0n) is 14.5. The molecule has 2 heterocycles. The monoisotopic (exact) mass is 543 g/mol. The number of rotatable bonds is 1. The van der Waals surface area contributed by atoms with Crippen molar-refractivity contribution in [3.63, 3.8) is 0 Å². The highest BCUT2D eigenvalue weighted by molar-refractivity contribution is 8.24. The van der Waals surface area contributed by atoms with Gasteiger partial charge in [-0.1, -0.05) is 23.2 Å². The van der Waals surface area contributed by atoms with Gasteiger partial charge in [-0.25, -0.2) is 9.97 Å². The van der Waals surface area contributed by atoms with Gasteiger partial charge in [-0.15, -0.1) is 0 Å². The van der Waals surface area contributed by atoms with E-state index >= 15 is 0 Å². The summed E-state index contributed by atoms with van der Waals surface area (Å²) in [6.45, 7) is 0. The van der Waals surface area contributed by atoms with E-state index in [1.165, 1.54) is 0 Å². The largest absolute Gasteiger partial charge is 0.493 e. The standard InChI is InChI=1S/C5H3Cl2N3O.C4H5N3O2.CH3F.Cl3OP.F2/c6-3-2(1-11)4(7)10-5(8)9-3;5-4-6-2(8)1-3(9)7-4;1-2;1-5(2,3)4;1-2/h1H,(H2,8,9,10);1H,(H4,5,6,7,8,9);1H3;;/i;;1D;;. The third kappa shape index (κ3) is 19.6. The molecule has 2 aromatic rings. The zero-order valence-corrected chi connectivity index (χ0v) is 18.2. The Labute approximate surface area is 186 Å². The summed E-state index contributed by atoms with van der Waals surface area (Å²) in [6, 6.07) is 0.941. The number of nitrogens with one attached hydrogen (secondary N) is 1. The fourth-order valence-corrected chi connectivity index (χ4v) is 1.48. The summed E-state index contributed by atoms with van der Waals surface area (Å²) in [6.07, 6.45) is 0.476. The predicted molar refractivity (Wildman–Crippen MR) is 107 cm³/mol. The Morgan fingerprint density at radius 2 is 1.59 bits per heavy atom. The minimum Gasteiger partial charge on any atom is -0.493 e. The SMILES string of the molecule is FF.Nc1nc(Cl)c(C=O)c(Cl)n1.Nc1nc(O)cc(=O)[nH]1.O=P(Cl)(Cl)Cl.[2H]CF. The number of nitrogen functional groups attached to an aromatic ring is 2. The lowest BCUT2D eigenvalue weighted by atomic mass is 10.4. The van der Waals surface area contributed by atoms with Crippen molar-refractivity contribution in [1.82, 2.24) is 19.9 Å². The van der Waals surface area contributed by atoms with Crippen molar-refractivity contribution >= 4 is 80.3 Å². The van der Waals surface area contributed by atoms with Gasteiger partial charge < -0.3 is 16.6 Å². The second kappa shape index (κ2) is 17.4. The van der Waals surface area contributed by atoms with Crippen molar-refractivity contribution < 1.29 is 29.4 Å². The molecule has 0 saturated heterocycles. The zero-order chi connectivity index (χ0) is 24.5. The molecule has 2 rings (SSSR count). The first kappa shape index (κ1) is 29.7. The third-order valence-electron chi connectivity index (χ3n) is 1.73. The molecule has 0 fully saturated rings. The van der Waals surface area contributed by atoms with Gasteiger partial charge in [0.2, 0.25) is 17.8 Å². The normalized spacial score (nSPS) is 9.45. The maximum atomic E-state index is 10.4. The maximum absolute atomic E-state index is 10.4. The lowest BCUT2D eigenvalue weighted by molar-refractivity contribution is 0.108. The number of aldehydes is 1. The first-order valence-electron chi connectivity index (χ1n) is 6.63. The molecule has 10 nitrogen and oxygen atoms in total. The number of carbonyl (C=O) groups excluding carboxylic acids is 1. The minimum absolute atomic E-state index is 0.0301. The fourth-order valence-electron chi connectivity index (χ4n) is 0.992. The van der Waals surface area contributed by atoms with Gasteiger partial charge in [-0.3, -0.25) is 23.5 Å². The highest BCUT2D eigenvalue weighted by Gasteiger charge is 2.08. The van der Waals surface area contributed by atoms with Crippen LogP contribution in [0, 0.1) is 0 Å². The highest BCUT2D eigenvalue weighted by atomic mass is 36.0. The molecule has 0 saturated carbocycles. The van der Waals surface area contributed by atoms with Crippen LogP contribution >= 0.6 is 62.1 Å². The molecule has 6 N–H and O–H groups in total. The number of hydrogen-bond acceptors (Lipinski definition) is 9. The Balaban J connectivity index is -0.000000345. The molecule has 0 bridgehead atoms. The van der Waals surface area contributed by atoms with E-state index < -0.39 is 17.9 Å². The van der Waals surface area contributed by atoms with Crippen molar-refractivity contribution in [3.05, 3.63) is 32.3 Å². The van der Waals surface area contributed by atoms with Crippen molar-refractivity contribution in [2.45, 2.75) is 0 Å². The van der Waals surface area contributed by atoms with E-state index in [2.05, 4.69) is 53.7 Å². The maximum Gasteiger partial charge on any atom is 0.339 e. The Morgan fingerprint density at radius 1 is 1.21 bits per heavy atom. The van der Waals surface area contributed by atoms with Crippen LogP contribution in [0.25, 0.3) is 0 Å². The first-order chi connectivity index (χ1) is 13.7. The van der Waals surface area contributed by atoms with Gasteiger partial charge in [0.25, 0.3) is 5.56 Å². The van der Waals surface area contributed by atoms with Crippen LogP contribution in [-0.4, -0.2) is 38.5 Å². The van der Waals surface area contributed by atoms with Crippen LogP contribution in [-0.2, 0) is 4.57 Å². The van der Waals surface area contributed by atoms with Gasteiger partial charge in [0, 0.05) is 9.15 Å². The number of alkyl halides is 1. The molecule has 166 valence electrons. The van der Waals surface area contributed by atoms with Gasteiger partial charge in [0.1, 0.15) is 10.3 Å². The summed E-state index contributed by atoms with van der Waals surface area (Å²) in [5.74, 6) is -0.498. The number of anilines is 2. The average Bonchev–Trinajstić information content (AvgIpc) is 2.54. The number of carbonyl (C=O) groups is 1. The van der Waals surface area contributed by atoms with Crippen molar-refractivity contribution in [3.8, 4) is 5.88 Å². The topological polar surface area (TPSA) is 178 Å². The van der Waals surface area contributed by atoms with E-state index in [1.54, 1.807) is 0 Å². The predicted octanol–water partition coefficient (Wildman–Crippen LogP) is 4.47. The molecule has 0 unspecified atom stereocenters. The average molecular weight is 545 g/mol. The minimum atomic E-state index is -3.22. The summed E-state index contributed by atoms with van der Waals surface area (Å²) < 4.78 is 41.0. The van der Waals surface area contributed by atoms with Crippen LogP contribution in [0.4, 0.5) is 25.4 Å². The smallest absolute Gasteiger partial charge is 0.339 e. The van der Waals surface area contributed by atoms with Crippen LogP contribution in [0.3, 0.4) is 0 Å². The number of H-pyrrole nitrogens is 1. The van der Waals surface area contributed by atoms with Crippen molar-refractivity contribution in [2.24, 2.45) is 0 Å². The molecular weight excluding hydrogens is 533 g/mol. The van der Waals surface area contributed by atoms with E-state index in [-0.39, 0.29) is 33.6 Å². The third-order valence-corrected chi connectivity index (χ3v) is 2.31. The quantitative estimate of drug-likeness (QED) is 0.229. The first-order valence-corrected chi connectivity index (χ1v) is 11.1. The van der Waals surface area contributed by atoms with Crippen LogP contribution in [0.2, 0.25) is 10.3 Å². The second-order valence-electron chi connectivity index (χ2n) is 3.58. The van der Waals surface area contributed by atoms with Crippen LogP contribution in [0.5, 0.6) is 5.88 Å². The number of aromatic nitrogens is 4. The summed E-state index contributed by atoms with van der Waals surface area (Å²) in [4.78, 5) is 33.2. The van der Waals surface area contributed by atoms with E-state index in [1.807, 2.05) is 0 Å². The molecule has 0 atom stereocenters. The van der Waals surface area contributed by atoms with E-state index in [9.17, 15) is 18.5 Å². The molecular formula is C10H11Cl5F3N6O4P. The van der Waals surface area contributed by atoms with Crippen LogP contribution in [0.1, 0.15) is 11.7 Å². The lowest BCUT2D eigenvalue weighted by Crippen LogP contribution is -2.08. The molecule has 19 heteroatoms. The number of halogens is 8. The fraction of sp³-hybridized carbons (Fsp3) is 0.100. The Morgan fingerprint density at radius 3 is 1.86 bits per heavy atom. The highest BCUT2D eigenvalue weighted by Crippen LogP contribution is 2.61. The molecule has 0 radical (unpaired) electrons. The number of aromatic amines is 1. The van der Waals surface area contributed by atoms with Crippen LogP contribution < -0.4 is 17.0 Å². The molecule has 0 aromatic carbocycles. The molecule has 0 aliphatic carbocycles. The van der Waals surface area contributed by atoms with Crippen LogP contribution in [0.15, 0.2) is 10.9 Å². The molecule has 0 amide bonds. The van der Waals surface area contributed by atoms with E-state index in [4.69, 9.17) is 50.3 Å².